The van der Waals surface area contributed by atoms with E-state index in [1.807, 2.05) is 0 Å². The Morgan fingerprint density at radius 2 is 2.62 bits per heavy atom. The number of carbonyl (C=O) groups is 1. The van der Waals surface area contributed by atoms with Crippen molar-refractivity contribution in [1.82, 2.24) is 5.16 Å². The quantitative estimate of drug-likeness (QED) is 0.724. The molecule has 0 saturated heterocycles. The number of amides is 1. The van der Waals surface area contributed by atoms with Crippen LogP contribution in [0.4, 0.5) is 5.82 Å². The number of nitrogens with zero attached hydrogens (tertiary/aromatic N) is 1. The average molecular weight is 184 g/mol. The number of aliphatic hydroxyl groups is 1. The van der Waals surface area contributed by atoms with Gasteiger partial charge in [0.1, 0.15) is 6.26 Å². The molecule has 0 aliphatic carbocycles. The topological polar surface area (TPSA) is 75.4 Å². The summed E-state index contributed by atoms with van der Waals surface area (Å²) in [6.45, 7) is 1.64. The molecule has 5 nitrogen and oxygen atoms in total. The van der Waals surface area contributed by atoms with Gasteiger partial charge in [-0.25, -0.2) is 0 Å². The molecular weight excluding hydrogens is 172 g/mol. The van der Waals surface area contributed by atoms with Gasteiger partial charge in [0.15, 0.2) is 5.82 Å². The first-order valence-corrected chi connectivity index (χ1v) is 4.07. The summed E-state index contributed by atoms with van der Waals surface area (Å²) in [6.07, 6.45) is 1.65. The molecule has 0 saturated carbocycles. The highest BCUT2D eigenvalue weighted by Gasteiger charge is 2.05. The van der Waals surface area contributed by atoms with Crippen LogP contribution in [-0.2, 0) is 4.79 Å². The number of nitrogens with one attached hydrogen (secondary N) is 1. The summed E-state index contributed by atoms with van der Waals surface area (Å²) in [5.74, 6) is 0.227. The summed E-state index contributed by atoms with van der Waals surface area (Å²) in [4.78, 5) is 11.1. The van der Waals surface area contributed by atoms with Crippen LogP contribution in [-0.4, -0.2) is 22.3 Å². The maximum Gasteiger partial charge on any atom is 0.225 e. The lowest BCUT2D eigenvalue weighted by Crippen LogP contribution is -2.14. The molecule has 1 heterocycles. The first-order chi connectivity index (χ1) is 6.18. The van der Waals surface area contributed by atoms with Crippen molar-refractivity contribution in [2.24, 2.45) is 0 Å². The molecule has 2 N–H and O–H groups in total. The van der Waals surface area contributed by atoms with Crippen molar-refractivity contribution in [1.29, 1.82) is 0 Å². The molecule has 0 bridgehead atoms. The Balaban J connectivity index is 2.26. The summed E-state index contributed by atoms with van der Waals surface area (Å²) < 4.78 is 4.53. The fourth-order valence-corrected chi connectivity index (χ4v) is 0.822. The summed E-state index contributed by atoms with van der Waals surface area (Å²) in [5.41, 5.74) is 0. The highest BCUT2D eigenvalue weighted by atomic mass is 16.5. The standard InChI is InChI=1S/C8H12N2O3/c1-6(11)2-3-8(12)9-7-4-5-13-10-7/h4-6,11H,2-3H2,1H3,(H,9,10,12). The second-order valence-corrected chi connectivity index (χ2v) is 2.82. The summed E-state index contributed by atoms with van der Waals surface area (Å²) in [6, 6.07) is 1.56. The predicted molar refractivity (Wildman–Crippen MR) is 46.0 cm³/mol. The molecule has 72 valence electrons. The second-order valence-electron chi connectivity index (χ2n) is 2.82. The molecule has 1 aromatic rings. The molecule has 0 spiro atoms. The number of hydrogen-bond donors (Lipinski definition) is 2. The van der Waals surface area contributed by atoms with Crippen LogP contribution in [0.2, 0.25) is 0 Å². The Bertz CT molecular complexity index is 256. The smallest absolute Gasteiger partial charge is 0.225 e. The highest BCUT2D eigenvalue weighted by Crippen LogP contribution is 2.03. The van der Waals surface area contributed by atoms with E-state index in [-0.39, 0.29) is 12.3 Å². The van der Waals surface area contributed by atoms with Gasteiger partial charge in [-0.2, -0.15) is 0 Å². The number of aliphatic hydroxyl groups excluding tert-OH is 1. The Labute approximate surface area is 75.7 Å². The summed E-state index contributed by atoms with van der Waals surface area (Å²) in [5, 5.41) is 14.9. The molecule has 1 unspecified atom stereocenters. The van der Waals surface area contributed by atoms with Crippen molar-refractivity contribution in [3.8, 4) is 0 Å². The van der Waals surface area contributed by atoms with Crippen LogP contribution < -0.4 is 5.32 Å². The van der Waals surface area contributed by atoms with E-state index in [0.717, 1.165) is 0 Å². The van der Waals surface area contributed by atoms with Gasteiger partial charge in [-0.1, -0.05) is 5.16 Å². The van der Waals surface area contributed by atoms with Crippen molar-refractivity contribution in [2.75, 3.05) is 5.32 Å². The molecule has 0 aromatic carbocycles. The van der Waals surface area contributed by atoms with Crippen LogP contribution in [0.1, 0.15) is 19.8 Å². The van der Waals surface area contributed by atoms with Crippen LogP contribution >= 0.6 is 0 Å². The predicted octanol–water partition coefficient (Wildman–Crippen LogP) is 0.774. The summed E-state index contributed by atoms with van der Waals surface area (Å²) in [7, 11) is 0. The third kappa shape index (κ3) is 3.71. The molecule has 0 aliphatic rings. The van der Waals surface area contributed by atoms with E-state index in [1.54, 1.807) is 13.0 Å². The second kappa shape index (κ2) is 4.61. The number of carbonyl (C=O) groups excluding carboxylic acids is 1. The van der Waals surface area contributed by atoms with Gasteiger partial charge < -0.3 is 14.9 Å². The lowest BCUT2D eigenvalue weighted by atomic mass is 10.2. The van der Waals surface area contributed by atoms with Crippen molar-refractivity contribution >= 4 is 11.7 Å². The van der Waals surface area contributed by atoms with Crippen molar-refractivity contribution in [3.05, 3.63) is 12.3 Å². The average Bonchev–Trinajstić information content (AvgIpc) is 2.53. The van der Waals surface area contributed by atoms with Gasteiger partial charge in [0.25, 0.3) is 0 Å². The van der Waals surface area contributed by atoms with E-state index in [9.17, 15) is 4.79 Å². The fraction of sp³-hybridized carbons (Fsp3) is 0.500. The van der Waals surface area contributed by atoms with E-state index < -0.39 is 6.10 Å². The molecular formula is C8H12N2O3. The zero-order chi connectivity index (χ0) is 9.68. The van der Waals surface area contributed by atoms with Gasteiger partial charge in [-0.15, -0.1) is 0 Å². The van der Waals surface area contributed by atoms with Crippen molar-refractivity contribution in [2.45, 2.75) is 25.9 Å². The zero-order valence-electron chi connectivity index (χ0n) is 7.36. The van der Waals surface area contributed by atoms with Gasteiger partial charge in [0.05, 0.1) is 6.10 Å². The van der Waals surface area contributed by atoms with E-state index in [4.69, 9.17) is 5.11 Å². The molecule has 1 aromatic heterocycles. The number of aromatic nitrogens is 1. The Morgan fingerprint density at radius 3 is 3.15 bits per heavy atom. The van der Waals surface area contributed by atoms with Crippen LogP contribution in [0, 0.1) is 0 Å². The minimum atomic E-state index is -0.456. The first kappa shape index (κ1) is 9.73. The zero-order valence-corrected chi connectivity index (χ0v) is 7.36. The molecule has 5 heteroatoms. The van der Waals surface area contributed by atoms with Gasteiger partial charge in [-0.3, -0.25) is 4.79 Å². The number of rotatable bonds is 4. The fourth-order valence-electron chi connectivity index (χ4n) is 0.822. The van der Waals surface area contributed by atoms with E-state index in [0.29, 0.717) is 12.2 Å². The van der Waals surface area contributed by atoms with Gasteiger partial charge in [0.2, 0.25) is 5.91 Å². The minimum Gasteiger partial charge on any atom is -0.393 e. The Morgan fingerprint density at radius 1 is 1.85 bits per heavy atom. The SMILES string of the molecule is CC(O)CCC(=O)Nc1ccon1. The Hall–Kier alpha value is -1.36. The molecule has 1 amide bonds. The Kier molecular flexibility index (Phi) is 3.45. The molecule has 0 aliphatic heterocycles. The van der Waals surface area contributed by atoms with Gasteiger partial charge in [0, 0.05) is 12.5 Å². The lowest BCUT2D eigenvalue weighted by molar-refractivity contribution is -0.116. The monoisotopic (exact) mass is 184 g/mol. The first-order valence-electron chi connectivity index (χ1n) is 4.07. The largest absolute Gasteiger partial charge is 0.393 e. The van der Waals surface area contributed by atoms with Crippen LogP contribution in [0.5, 0.6) is 0 Å². The van der Waals surface area contributed by atoms with E-state index in [1.165, 1.54) is 6.26 Å². The number of hydrogen-bond acceptors (Lipinski definition) is 4. The molecule has 13 heavy (non-hydrogen) atoms. The van der Waals surface area contributed by atoms with E-state index >= 15 is 0 Å². The van der Waals surface area contributed by atoms with Gasteiger partial charge >= 0.3 is 0 Å². The highest BCUT2D eigenvalue weighted by molar-refractivity contribution is 5.89. The number of anilines is 1. The van der Waals surface area contributed by atoms with Gasteiger partial charge in [-0.05, 0) is 13.3 Å². The molecule has 0 radical (unpaired) electrons. The van der Waals surface area contributed by atoms with Crippen LogP contribution in [0.15, 0.2) is 16.9 Å². The van der Waals surface area contributed by atoms with Crippen molar-refractivity contribution < 1.29 is 14.4 Å². The third-order valence-corrected chi connectivity index (χ3v) is 1.49. The minimum absolute atomic E-state index is 0.171. The normalized spacial score (nSPS) is 12.5. The van der Waals surface area contributed by atoms with Crippen molar-refractivity contribution in [3.63, 3.8) is 0 Å². The van der Waals surface area contributed by atoms with Crippen LogP contribution in [0.25, 0.3) is 0 Å². The molecule has 1 rings (SSSR count). The molecule has 1 atom stereocenters. The third-order valence-electron chi connectivity index (χ3n) is 1.49. The van der Waals surface area contributed by atoms with Crippen LogP contribution in [0.3, 0.4) is 0 Å². The summed E-state index contributed by atoms with van der Waals surface area (Å²) >= 11 is 0. The maximum absolute atomic E-state index is 11.1. The maximum atomic E-state index is 11.1. The van der Waals surface area contributed by atoms with E-state index in [2.05, 4.69) is 15.0 Å². The lowest BCUT2D eigenvalue weighted by Gasteiger charge is -2.02. The molecule has 0 fully saturated rings.